The molecule has 0 atom stereocenters. The predicted octanol–water partition coefficient (Wildman–Crippen LogP) is 4.17. The number of ether oxygens (including phenoxy) is 1. The summed E-state index contributed by atoms with van der Waals surface area (Å²) < 4.78 is 5.93. The topological polar surface area (TPSA) is 48.1 Å². The maximum Gasteiger partial charge on any atom is 0.153 e. The summed E-state index contributed by atoms with van der Waals surface area (Å²) in [5, 5.41) is 0.912. The van der Waals surface area contributed by atoms with E-state index in [1.807, 2.05) is 36.4 Å². The minimum absolute atomic E-state index is 0.710. The molecule has 0 spiro atoms. The van der Waals surface area contributed by atoms with Gasteiger partial charge in [0.05, 0.1) is 0 Å². The lowest BCUT2D eigenvalue weighted by atomic mass is 10.1. The van der Waals surface area contributed by atoms with Gasteiger partial charge in [-0.15, -0.1) is 0 Å². The molecule has 1 heterocycles. The van der Waals surface area contributed by atoms with E-state index >= 15 is 0 Å². The zero-order chi connectivity index (χ0) is 13.9. The first-order chi connectivity index (χ1) is 9.78. The van der Waals surface area contributed by atoms with Crippen molar-refractivity contribution in [3.8, 4) is 11.5 Å². The van der Waals surface area contributed by atoms with Gasteiger partial charge in [0.15, 0.2) is 5.75 Å². The first kappa shape index (κ1) is 12.5. The van der Waals surface area contributed by atoms with Gasteiger partial charge in [-0.25, -0.2) is 0 Å². The highest BCUT2D eigenvalue weighted by Crippen LogP contribution is 2.31. The number of aryl methyl sites for hydroxylation is 1. The van der Waals surface area contributed by atoms with E-state index in [2.05, 4.69) is 24.0 Å². The van der Waals surface area contributed by atoms with Crippen LogP contribution in [-0.4, -0.2) is 4.98 Å². The molecular weight excluding hydrogens is 248 g/mol. The maximum absolute atomic E-state index is 5.96. The Morgan fingerprint density at radius 1 is 1.05 bits per heavy atom. The fraction of sp³-hybridized carbons (Fsp3) is 0.118. The SMILES string of the molecule is CCc1ccc(Oc2ccc(N)c3cccnc23)cc1. The number of nitrogens with two attached hydrogens (primary N) is 1. The summed E-state index contributed by atoms with van der Waals surface area (Å²) in [6.07, 6.45) is 2.77. The second-order valence-electron chi connectivity index (χ2n) is 4.65. The summed E-state index contributed by atoms with van der Waals surface area (Å²) in [4.78, 5) is 4.37. The summed E-state index contributed by atoms with van der Waals surface area (Å²) in [6.45, 7) is 2.13. The van der Waals surface area contributed by atoms with E-state index in [9.17, 15) is 0 Å². The smallest absolute Gasteiger partial charge is 0.153 e. The van der Waals surface area contributed by atoms with Crippen LogP contribution in [0, 0.1) is 0 Å². The van der Waals surface area contributed by atoms with Gasteiger partial charge in [0.25, 0.3) is 0 Å². The van der Waals surface area contributed by atoms with Gasteiger partial charge in [-0.1, -0.05) is 19.1 Å². The molecule has 100 valence electrons. The van der Waals surface area contributed by atoms with E-state index in [-0.39, 0.29) is 0 Å². The Kier molecular flexibility index (Phi) is 3.25. The lowest BCUT2D eigenvalue weighted by Gasteiger charge is -2.10. The number of nitrogens with zero attached hydrogens (tertiary/aromatic N) is 1. The fourth-order valence-corrected chi connectivity index (χ4v) is 2.17. The number of anilines is 1. The summed E-state index contributed by atoms with van der Waals surface area (Å²) in [6, 6.07) is 15.6. The van der Waals surface area contributed by atoms with Crippen molar-refractivity contribution >= 4 is 16.6 Å². The van der Waals surface area contributed by atoms with Gasteiger partial charge in [0.2, 0.25) is 0 Å². The zero-order valence-corrected chi connectivity index (χ0v) is 11.3. The highest BCUT2D eigenvalue weighted by Gasteiger charge is 2.07. The highest BCUT2D eigenvalue weighted by molar-refractivity contribution is 5.94. The number of aromatic nitrogens is 1. The Labute approximate surface area is 118 Å². The molecule has 0 aliphatic rings. The molecule has 0 saturated carbocycles. The molecule has 0 fully saturated rings. The second kappa shape index (κ2) is 5.21. The Hall–Kier alpha value is -2.55. The molecule has 3 heteroatoms. The van der Waals surface area contributed by atoms with Crippen LogP contribution < -0.4 is 10.5 Å². The van der Waals surface area contributed by atoms with Crippen molar-refractivity contribution in [2.45, 2.75) is 13.3 Å². The van der Waals surface area contributed by atoms with Crippen molar-refractivity contribution in [3.05, 3.63) is 60.3 Å². The van der Waals surface area contributed by atoms with Crippen LogP contribution in [0.25, 0.3) is 10.9 Å². The van der Waals surface area contributed by atoms with Gasteiger partial charge in [-0.05, 0) is 48.4 Å². The Morgan fingerprint density at radius 3 is 2.60 bits per heavy atom. The van der Waals surface area contributed by atoms with Gasteiger partial charge in [-0.3, -0.25) is 4.98 Å². The molecule has 3 aromatic rings. The van der Waals surface area contributed by atoms with Crippen molar-refractivity contribution in [1.29, 1.82) is 0 Å². The van der Waals surface area contributed by atoms with Crippen LogP contribution >= 0.6 is 0 Å². The van der Waals surface area contributed by atoms with Gasteiger partial charge in [0, 0.05) is 17.3 Å². The van der Waals surface area contributed by atoms with Gasteiger partial charge >= 0.3 is 0 Å². The van der Waals surface area contributed by atoms with E-state index in [0.29, 0.717) is 5.69 Å². The molecule has 0 bridgehead atoms. The minimum atomic E-state index is 0.710. The first-order valence-electron chi connectivity index (χ1n) is 6.68. The largest absolute Gasteiger partial charge is 0.455 e. The molecule has 3 rings (SSSR count). The number of nitrogen functional groups attached to an aromatic ring is 1. The predicted molar refractivity (Wildman–Crippen MR) is 82.0 cm³/mol. The standard InChI is InChI=1S/C17H16N2O/c1-2-12-5-7-13(8-6-12)20-16-10-9-15(18)14-4-3-11-19-17(14)16/h3-11H,2,18H2,1H3. The lowest BCUT2D eigenvalue weighted by molar-refractivity contribution is 0.487. The maximum atomic E-state index is 5.96. The van der Waals surface area contributed by atoms with Crippen molar-refractivity contribution in [1.82, 2.24) is 4.98 Å². The molecular formula is C17H16N2O. The third-order valence-corrected chi connectivity index (χ3v) is 3.33. The van der Waals surface area contributed by atoms with Crippen LogP contribution in [0.2, 0.25) is 0 Å². The second-order valence-corrected chi connectivity index (χ2v) is 4.65. The molecule has 1 aromatic heterocycles. The van der Waals surface area contributed by atoms with Crippen molar-refractivity contribution in [3.63, 3.8) is 0 Å². The van der Waals surface area contributed by atoms with Gasteiger partial charge in [0.1, 0.15) is 11.3 Å². The van der Waals surface area contributed by atoms with Crippen LogP contribution in [-0.2, 0) is 6.42 Å². The molecule has 0 radical (unpaired) electrons. The number of fused-ring (bicyclic) bond motifs is 1. The number of hydrogen-bond donors (Lipinski definition) is 1. The van der Waals surface area contributed by atoms with E-state index in [1.54, 1.807) is 6.20 Å². The normalized spacial score (nSPS) is 10.7. The van der Waals surface area contributed by atoms with Crippen LogP contribution in [0.4, 0.5) is 5.69 Å². The summed E-state index contributed by atoms with van der Waals surface area (Å²) in [5.74, 6) is 1.53. The van der Waals surface area contributed by atoms with Gasteiger partial charge < -0.3 is 10.5 Å². The first-order valence-corrected chi connectivity index (χ1v) is 6.68. The van der Waals surface area contributed by atoms with Crippen LogP contribution in [0.1, 0.15) is 12.5 Å². The van der Waals surface area contributed by atoms with E-state index in [4.69, 9.17) is 10.5 Å². The molecule has 3 nitrogen and oxygen atoms in total. The van der Waals surface area contributed by atoms with E-state index in [1.165, 1.54) is 5.56 Å². The number of hydrogen-bond acceptors (Lipinski definition) is 3. The van der Waals surface area contributed by atoms with Crippen molar-refractivity contribution in [2.24, 2.45) is 0 Å². The summed E-state index contributed by atoms with van der Waals surface area (Å²) in [7, 11) is 0. The highest BCUT2D eigenvalue weighted by atomic mass is 16.5. The summed E-state index contributed by atoms with van der Waals surface area (Å²) in [5.41, 5.74) is 8.74. The minimum Gasteiger partial charge on any atom is -0.455 e. The van der Waals surface area contributed by atoms with Gasteiger partial charge in [-0.2, -0.15) is 0 Å². The third-order valence-electron chi connectivity index (χ3n) is 3.33. The molecule has 2 N–H and O–H groups in total. The Morgan fingerprint density at radius 2 is 1.85 bits per heavy atom. The van der Waals surface area contributed by atoms with E-state index in [0.717, 1.165) is 28.8 Å². The number of rotatable bonds is 3. The third kappa shape index (κ3) is 2.30. The quantitative estimate of drug-likeness (QED) is 0.722. The van der Waals surface area contributed by atoms with E-state index < -0.39 is 0 Å². The number of benzene rings is 2. The molecule has 20 heavy (non-hydrogen) atoms. The average molecular weight is 264 g/mol. The zero-order valence-electron chi connectivity index (χ0n) is 11.3. The molecule has 0 saturated heterocycles. The van der Waals surface area contributed by atoms with Crippen LogP contribution in [0.15, 0.2) is 54.7 Å². The monoisotopic (exact) mass is 264 g/mol. The fourth-order valence-electron chi connectivity index (χ4n) is 2.17. The molecule has 0 aliphatic heterocycles. The average Bonchev–Trinajstić information content (AvgIpc) is 2.51. The molecule has 0 aliphatic carbocycles. The number of pyridine rings is 1. The van der Waals surface area contributed by atoms with Crippen LogP contribution in [0.3, 0.4) is 0 Å². The molecule has 0 unspecified atom stereocenters. The van der Waals surface area contributed by atoms with Crippen molar-refractivity contribution in [2.75, 3.05) is 5.73 Å². The summed E-state index contributed by atoms with van der Waals surface area (Å²) >= 11 is 0. The van der Waals surface area contributed by atoms with Crippen molar-refractivity contribution < 1.29 is 4.74 Å². The molecule has 2 aromatic carbocycles. The Balaban J connectivity index is 2.00. The lowest BCUT2D eigenvalue weighted by Crippen LogP contribution is -1.92. The Bertz CT molecular complexity index is 736. The van der Waals surface area contributed by atoms with Crippen LogP contribution in [0.5, 0.6) is 11.5 Å². The molecule has 0 amide bonds.